The van der Waals surface area contributed by atoms with Crippen molar-refractivity contribution in [3.8, 4) is 0 Å². The third-order valence-electron chi connectivity index (χ3n) is 5.38. The highest BCUT2D eigenvalue weighted by Gasteiger charge is 2.55. The topological polar surface area (TPSA) is 92.9 Å². The minimum Gasteiger partial charge on any atom is -0.481 e. The number of rotatable bonds is 3. The molecule has 3 N–H and O–H groups in total. The van der Waals surface area contributed by atoms with Crippen LogP contribution in [0.1, 0.15) is 32.1 Å². The molecule has 3 heterocycles. The number of carboxylic acid groups (broad SMARTS) is 1. The number of carbonyl (C=O) groups excluding carboxylic acids is 1. The molecule has 20 heavy (non-hydrogen) atoms. The second kappa shape index (κ2) is 5.00. The second-order valence-corrected chi connectivity index (χ2v) is 6.29. The van der Waals surface area contributed by atoms with Gasteiger partial charge in [0.05, 0.1) is 11.3 Å². The van der Waals surface area contributed by atoms with Gasteiger partial charge in [0.1, 0.15) is 0 Å². The van der Waals surface area contributed by atoms with Crippen LogP contribution in [0.3, 0.4) is 0 Å². The first kappa shape index (κ1) is 13.8. The molecule has 112 valence electrons. The average molecular weight is 282 g/mol. The molecule has 0 aromatic carbocycles. The molecule has 3 unspecified atom stereocenters. The van der Waals surface area contributed by atoms with Gasteiger partial charge >= 0.3 is 5.97 Å². The lowest BCUT2D eigenvalue weighted by atomic mass is 9.78. The Morgan fingerprint density at radius 2 is 2.00 bits per heavy atom. The smallest absolute Gasteiger partial charge is 0.308 e. The molecule has 6 heteroatoms. The first-order valence-electron chi connectivity index (χ1n) is 7.42. The van der Waals surface area contributed by atoms with Gasteiger partial charge in [-0.15, -0.1) is 0 Å². The predicted molar refractivity (Wildman–Crippen MR) is 70.9 cm³/mol. The van der Waals surface area contributed by atoms with Gasteiger partial charge in [-0.3, -0.25) is 9.59 Å². The van der Waals surface area contributed by atoms with Crippen LogP contribution in [0.5, 0.6) is 0 Å². The molecule has 3 saturated heterocycles. The second-order valence-electron chi connectivity index (χ2n) is 6.29. The summed E-state index contributed by atoms with van der Waals surface area (Å²) in [5, 5.41) is 9.28. The van der Waals surface area contributed by atoms with E-state index in [1.54, 1.807) is 0 Å². The van der Waals surface area contributed by atoms with Crippen molar-refractivity contribution in [2.75, 3.05) is 19.8 Å². The fourth-order valence-corrected chi connectivity index (χ4v) is 4.11. The molecule has 0 saturated carbocycles. The van der Waals surface area contributed by atoms with E-state index in [9.17, 15) is 14.7 Å². The van der Waals surface area contributed by atoms with Crippen LogP contribution in [0.2, 0.25) is 0 Å². The van der Waals surface area contributed by atoms with Gasteiger partial charge in [0, 0.05) is 31.8 Å². The standard InChI is InChI=1S/C14H22N2O4/c15-8-14(3-5-20-6-4-14)13(19)16-9-1-2-11(16)10(7-9)12(17)18/h9-11H,1-8,15H2,(H,17,18). The van der Waals surface area contributed by atoms with Crippen LogP contribution in [0.15, 0.2) is 0 Å². The Kier molecular flexibility index (Phi) is 3.46. The van der Waals surface area contributed by atoms with Crippen LogP contribution in [-0.4, -0.2) is 53.7 Å². The molecule has 0 aromatic rings. The van der Waals surface area contributed by atoms with E-state index in [1.165, 1.54) is 0 Å². The van der Waals surface area contributed by atoms with Crippen LogP contribution in [0.25, 0.3) is 0 Å². The van der Waals surface area contributed by atoms with Gasteiger partial charge in [-0.2, -0.15) is 0 Å². The monoisotopic (exact) mass is 282 g/mol. The van der Waals surface area contributed by atoms with Crippen molar-refractivity contribution in [2.45, 2.75) is 44.2 Å². The Bertz CT molecular complexity index is 419. The van der Waals surface area contributed by atoms with E-state index >= 15 is 0 Å². The van der Waals surface area contributed by atoms with E-state index in [0.717, 1.165) is 12.8 Å². The largest absolute Gasteiger partial charge is 0.481 e. The number of hydrogen-bond donors (Lipinski definition) is 2. The molecule has 2 bridgehead atoms. The Labute approximate surface area is 118 Å². The molecule has 3 aliphatic rings. The number of nitrogens with zero attached hydrogens (tertiary/aromatic N) is 1. The molecule has 0 radical (unpaired) electrons. The quantitative estimate of drug-likeness (QED) is 0.771. The molecule has 3 atom stereocenters. The van der Waals surface area contributed by atoms with Crippen molar-refractivity contribution in [3.05, 3.63) is 0 Å². The van der Waals surface area contributed by atoms with Crippen molar-refractivity contribution in [2.24, 2.45) is 17.1 Å². The van der Waals surface area contributed by atoms with Gasteiger partial charge < -0.3 is 20.5 Å². The Morgan fingerprint density at radius 1 is 1.30 bits per heavy atom. The van der Waals surface area contributed by atoms with Crippen LogP contribution in [0, 0.1) is 11.3 Å². The van der Waals surface area contributed by atoms with Crippen molar-refractivity contribution < 1.29 is 19.4 Å². The van der Waals surface area contributed by atoms with Gasteiger partial charge in [-0.25, -0.2) is 0 Å². The molecule has 0 spiro atoms. The maximum absolute atomic E-state index is 13.0. The number of hydrogen-bond acceptors (Lipinski definition) is 4. The summed E-state index contributed by atoms with van der Waals surface area (Å²) in [7, 11) is 0. The third-order valence-corrected chi connectivity index (χ3v) is 5.38. The molecule has 3 aliphatic heterocycles. The van der Waals surface area contributed by atoms with E-state index in [0.29, 0.717) is 39.0 Å². The molecule has 3 rings (SSSR count). The van der Waals surface area contributed by atoms with Gasteiger partial charge in [0.25, 0.3) is 0 Å². The number of nitrogens with two attached hydrogens (primary N) is 1. The summed E-state index contributed by atoms with van der Waals surface area (Å²) in [6.45, 7) is 1.45. The van der Waals surface area contributed by atoms with E-state index < -0.39 is 17.3 Å². The number of carboxylic acids is 1. The highest BCUT2D eigenvalue weighted by molar-refractivity contribution is 5.86. The van der Waals surface area contributed by atoms with Crippen LogP contribution in [0.4, 0.5) is 0 Å². The van der Waals surface area contributed by atoms with Crippen molar-refractivity contribution in [1.82, 2.24) is 4.90 Å². The zero-order valence-corrected chi connectivity index (χ0v) is 11.6. The highest BCUT2D eigenvalue weighted by atomic mass is 16.5. The number of carbonyl (C=O) groups is 2. The fourth-order valence-electron chi connectivity index (χ4n) is 4.11. The normalized spacial score (nSPS) is 35.2. The average Bonchev–Trinajstić information content (AvgIpc) is 3.04. The summed E-state index contributed by atoms with van der Waals surface area (Å²) in [5.41, 5.74) is 5.36. The van der Waals surface area contributed by atoms with E-state index in [-0.39, 0.29) is 18.0 Å². The molecular weight excluding hydrogens is 260 g/mol. The molecular formula is C14H22N2O4. The van der Waals surface area contributed by atoms with E-state index in [1.807, 2.05) is 4.90 Å². The Balaban J connectivity index is 1.82. The minimum atomic E-state index is -0.774. The summed E-state index contributed by atoms with van der Waals surface area (Å²) >= 11 is 0. The molecule has 0 aromatic heterocycles. The number of ether oxygens (including phenoxy) is 1. The molecule has 3 fully saturated rings. The maximum atomic E-state index is 13.0. The lowest BCUT2D eigenvalue weighted by Gasteiger charge is -2.39. The lowest BCUT2D eigenvalue weighted by Crippen LogP contribution is -2.52. The zero-order valence-electron chi connectivity index (χ0n) is 11.6. The Morgan fingerprint density at radius 3 is 2.55 bits per heavy atom. The summed E-state index contributed by atoms with van der Waals surface area (Å²) < 4.78 is 5.35. The number of amides is 1. The van der Waals surface area contributed by atoms with Gasteiger partial charge in [0.15, 0.2) is 0 Å². The SMILES string of the molecule is NCC1(C(=O)N2C3CCC2C(C(=O)O)C3)CCOCC1. The first-order chi connectivity index (χ1) is 9.59. The van der Waals surface area contributed by atoms with Crippen molar-refractivity contribution in [3.63, 3.8) is 0 Å². The van der Waals surface area contributed by atoms with Crippen molar-refractivity contribution >= 4 is 11.9 Å². The predicted octanol–water partition coefficient (Wildman–Crippen LogP) is 0.206. The molecule has 1 amide bonds. The number of aliphatic carboxylic acids is 1. The minimum absolute atomic E-state index is 0.0690. The zero-order chi connectivity index (χ0) is 14.3. The van der Waals surface area contributed by atoms with E-state index in [2.05, 4.69) is 0 Å². The van der Waals surface area contributed by atoms with Crippen LogP contribution >= 0.6 is 0 Å². The maximum Gasteiger partial charge on any atom is 0.308 e. The molecule has 0 aliphatic carbocycles. The van der Waals surface area contributed by atoms with Gasteiger partial charge in [-0.1, -0.05) is 0 Å². The summed E-state index contributed by atoms with van der Waals surface area (Å²) in [6.07, 6.45) is 3.64. The Hall–Kier alpha value is -1.14. The van der Waals surface area contributed by atoms with Crippen LogP contribution in [-0.2, 0) is 14.3 Å². The highest BCUT2D eigenvalue weighted by Crippen LogP contribution is 2.45. The van der Waals surface area contributed by atoms with Crippen LogP contribution < -0.4 is 5.73 Å². The summed E-state index contributed by atoms with van der Waals surface area (Å²) in [5.74, 6) is -1.10. The lowest BCUT2D eigenvalue weighted by molar-refractivity contribution is -0.150. The summed E-state index contributed by atoms with van der Waals surface area (Å²) in [4.78, 5) is 26.1. The summed E-state index contributed by atoms with van der Waals surface area (Å²) in [6, 6.07) is -0.0314. The van der Waals surface area contributed by atoms with Crippen molar-refractivity contribution in [1.29, 1.82) is 0 Å². The fraction of sp³-hybridized carbons (Fsp3) is 0.857. The van der Waals surface area contributed by atoms with Gasteiger partial charge in [0.2, 0.25) is 5.91 Å². The van der Waals surface area contributed by atoms with E-state index in [4.69, 9.17) is 10.5 Å². The third kappa shape index (κ3) is 1.93. The van der Waals surface area contributed by atoms with Gasteiger partial charge in [-0.05, 0) is 32.1 Å². The molecule has 6 nitrogen and oxygen atoms in total. The first-order valence-corrected chi connectivity index (χ1v) is 7.42. The number of fused-ring (bicyclic) bond motifs is 2.